The number of rotatable bonds is 6. The fourth-order valence-corrected chi connectivity index (χ4v) is 4.12. The number of hydrogen-bond donors (Lipinski definition) is 1. The zero-order valence-electron chi connectivity index (χ0n) is 13.4. The van der Waals surface area contributed by atoms with E-state index < -0.39 is 9.68 Å². The van der Waals surface area contributed by atoms with Crippen LogP contribution in [0.1, 0.15) is 18.9 Å². The van der Waals surface area contributed by atoms with Gasteiger partial charge in [0, 0.05) is 6.42 Å². The van der Waals surface area contributed by atoms with Crippen molar-refractivity contribution >= 4 is 30.7 Å². The Morgan fingerprint density at radius 2 is 2.21 bits per heavy atom. The summed E-state index contributed by atoms with van der Waals surface area (Å²) in [6, 6.07) is 9.91. The average molecular weight is 364 g/mol. The van der Waals surface area contributed by atoms with Gasteiger partial charge in [0.15, 0.2) is 23.4 Å². The highest BCUT2D eigenvalue weighted by Gasteiger charge is 2.52. The van der Waals surface area contributed by atoms with E-state index in [1.165, 1.54) is 11.8 Å². The van der Waals surface area contributed by atoms with E-state index in [-0.39, 0.29) is 12.7 Å². The van der Waals surface area contributed by atoms with Crippen molar-refractivity contribution in [2.75, 3.05) is 6.61 Å². The van der Waals surface area contributed by atoms with E-state index in [0.29, 0.717) is 24.5 Å². The second-order valence-electron chi connectivity index (χ2n) is 6.07. The first kappa shape index (κ1) is 17.5. The van der Waals surface area contributed by atoms with Crippen LogP contribution in [-0.4, -0.2) is 28.7 Å². The molecule has 3 rings (SSSR count). The molecule has 0 saturated carbocycles. The Morgan fingerprint density at radius 1 is 1.46 bits per heavy atom. The molecule has 1 aliphatic carbocycles. The van der Waals surface area contributed by atoms with Gasteiger partial charge in [-0.3, -0.25) is 4.79 Å². The monoisotopic (exact) mass is 364 g/mol. The quantitative estimate of drug-likeness (QED) is 0.474. The Morgan fingerprint density at radius 3 is 2.88 bits per heavy atom. The highest BCUT2D eigenvalue weighted by Crippen LogP contribution is 2.52. The molecule has 1 aromatic rings. The summed E-state index contributed by atoms with van der Waals surface area (Å²) in [5.74, 6) is 1.20. The van der Waals surface area contributed by atoms with Crippen LogP contribution in [0.15, 0.2) is 53.8 Å². The number of ether oxygens (including phenoxy) is 3. The van der Waals surface area contributed by atoms with Gasteiger partial charge < -0.3 is 14.2 Å². The molecule has 0 saturated heterocycles. The molecule has 6 heteroatoms. The van der Waals surface area contributed by atoms with Crippen LogP contribution in [0.2, 0.25) is 0 Å². The van der Waals surface area contributed by atoms with Crippen molar-refractivity contribution in [3.05, 3.63) is 59.4 Å². The first-order valence-corrected chi connectivity index (χ1v) is 9.02. The van der Waals surface area contributed by atoms with E-state index in [1.807, 2.05) is 30.3 Å². The molecule has 1 aromatic carbocycles. The van der Waals surface area contributed by atoms with Crippen LogP contribution in [0.3, 0.4) is 0 Å². The lowest BCUT2D eigenvalue weighted by Crippen LogP contribution is -2.41. The lowest BCUT2D eigenvalue weighted by atomic mass is 10.1. The Labute approximate surface area is 151 Å². The van der Waals surface area contributed by atoms with Gasteiger partial charge in [-0.1, -0.05) is 36.9 Å². The van der Waals surface area contributed by atoms with Crippen molar-refractivity contribution in [1.29, 1.82) is 0 Å². The second-order valence-corrected chi connectivity index (χ2v) is 8.40. The summed E-state index contributed by atoms with van der Waals surface area (Å²) in [7, 11) is 0. The third-order valence-corrected chi connectivity index (χ3v) is 5.61. The molecule has 128 valence electrons. The molecule has 0 N–H and O–H groups in total. The van der Waals surface area contributed by atoms with Gasteiger partial charge in [-0.25, -0.2) is 0 Å². The largest absolute Gasteiger partial charge is 0.487 e. The SMILES string of the molecule is C=CSC1(S)C[C@@H](OCc2ccccc2)C2=C1OCC(C)(C=O)O2. The minimum atomic E-state index is -0.995. The summed E-state index contributed by atoms with van der Waals surface area (Å²) in [6.07, 6.45) is 1.04. The molecule has 0 bridgehead atoms. The van der Waals surface area contributed by atoms with Crippen LogP contribution in [0, 0.1) is 0 Å². The van der Waals surface area contributed by atoms with Gasteiger partial charge in [-0.05, 0) is 17.9 Å². The van der Waals surface area contributed by atoms with Crippen LogP contribution in [0.4, 0.5) is 0 Å². The van der Waals surface area contributed by atoms with Gasteiger partial charge in [0.2, 0.25) is 0 Å². The molecule has 0 spiro atoms. The van der Waals surface area contributed by atoms with Crippen LogP contribution in [0.25, 0.3) is 0 Å². The Bertz CT molecular complexity index is 660. The van der Waals surface area contributed by atoms with E-state index in [0.717, 1.165) is 11.8 Å². The van der Waals surface area contributed by atoms with Crippen molar-refractivity contribution in [2.24, 2.45) is 0 Å². The number of benzene rings is 1. The lowest BCUT2D eigenvalue weighted by Gasteiger charge is -2.34. The van der Waals surface area contributed by atoms with Gasteiger partial charge in [-0.15, -0.1) is 11.8 Å². The Kier molecular flexibility index (Phi) is 4.99. The Hall–Kier alpha value is -1.37. The highest BCUT2D eigenvalue weighted by atomic mass is 32.2. The number of thioether (sulfide) groups is 1. The van der Waals surface area contributed by atoms with Crippen LogP contribution in [0.5, 0.6) is 0 Å². The summed E-state index contributed by atoms with van der Waals surface area (Å²) in [6.45, 7) is 6.09. The van der Waals surface area contributed by atoms with E-state index in [2.05, 4.69) is 6.58 Å². The summed E-state index contributed by atoms with van der Waals surface area (Å²) in [5, 5.41) is 1.73. The molecule has 2 aliphatic rings. The fraction of sp³-hybridized carbons (Fsp3) is 0.389. The second kappa shape index (κ2) is 6.86. The van der Waals surface area contributed by atoms with E-state index in [4.69, 9.17) is 26.8 Å². The number of aldehydes is 1. The normalized spacial score (nSPS) is 31.8. The van der Waals surface area contributed by atoms with Crippen LogP contribution < -0.4 is 0 Å². The van der Waals surface area contributed by atoms with E-state index >= 15 is 0 Å². The maximum absolute atomic E-state index is 11.3. The van der Waals surface area contributed by atoms with Crippen molar-refractivity contribution < 1.29 is 19.0 Å². The minimum absolute atomic E-state index is 0.167. The summed E-state index contributed by atoms with van der Waals surface area (Å²) in [4.78, 5) is 11.3. The zero-order valence-corrected chi connectivity index (χ0v) is 15.1. The molecule has 3 atom stereocenters. The van der Waals surface area contributed by atoms with Gasteiger partial charge in [0.25, 0.3) is 0 Å². The van der Waals surface area contributed by atoms with E-state index in [1.54, 1.807) is 12.3 Å². The van der Waals surface area contributed by atoms with Crippen molar-refractivity contribution in [3.63, 3.8) is 0 Å². The molecule has 0 amide bonds. The first-order chi connectivity index (χ1) is 11.5. The maximum atomic E-state index is 11.3. The maximum Gasteiger partial charge on any atom is 0.194 e. The fourth-order valence-electron chi connectivity index (χ4n) is 2.77. The van der Waals surface area contributed by atoms with Crippen molar-refractivity contribution in [1.82, 2.24) is 0 Å². The molecule has 24 heavy (non-hydrogen) atoms. The molecular weight excluding hydrogens is 344 g/mol. The lowest BCUT2D eigenvalue weighted by molar-refractivity contribution is -0.139. The predicted molar refractivity (Wildman–Crippen MR) is 97.7 cm³/mol. The number of carbonyl (C=O) groups is 1. The Balaban J connectivity index is 1.82. The highest BCUT2D eigenvalue weighted by molar-refractivity contribution is 8.13. The summed E-state index contributed by atoms with van der Waals surface area (Å²) >= 11 is 6.23. The minimum Gasteiger partial charge on any atom is -0.487 e. The van der Waals surface area contributed by atoms with Gasteiger partial charge >= 0.3 is 0 Å². The number of carbonyl (C=O) groups excluding carboxylic acids is 1. The molecule has 1 aliphatic heterocycles. The predicted octanol–water partition coefficient (Wildman–Crippen LogP) is 3.69. The number of hydrogen-bond acceptors (Lipinski definition) is 6. The van der Waals surface area contributed by atoms with Crippen LogP contribution >= 0.6 is 24.4 Å². The smallest absolute Gasteiger partial charge is 0.194 e. The standard InChI is InChI=1S/C18H20O4S2/c1-3-24-18(23)9-14(20-10-13-7-5-4-6-8-13)15-16(18)21-12-17(2,11-19)22-15/h3-8,11,14,23H,1,9-10,12H2,2H3/t14-,17?,18?/m1/s1. The molecule has 1 heterocycles. The van der Waals surface area contributed by atoms with Gasteiger partial charge in [-0.2, -0.15) is 12.6 Å². The van der Waals surface area contributed by atoms with Gasteiger partial charge in [0.1, 0.15) is 16.8 Å². The van der Waals surface area contributed by atoms with E-state index in [9.17, 15) is 4.79 Å². The third-order valence-electron chi connectivity index (χ3n) is 4.00. The third kappa shape index (κ3) is 3.36. The molecule has 2 unspecified atom stereocenters. The summed E-state index contributed by atoms with van der Waals surface area (Å²) < 4.78 is 17.3. The topological polar surface area (TPSA) is 44.8 Å². The van der Waals surface area contributed by atoms with Gasteiger partial charge in [0.05, 0.1) is 6.61 Å². The van der Waals surface area contributed by atoms with Crippen molar-refractivity contribution in [2.45, 2.75) is 35.7 Å². The first-order valence-electron chi connectivity index (χ1n) is 7.69. The van der Waals surface area contributed by atoms with Crippen LogP contribution in [-0.2, 0) is 25.6 Å². The molecule has 0 aromatic heterocycles. The molecule has 0 fully saturated rings. The molecule has 0 radical (unpaired) electrons. The number of thiol groups is 1. The summed E-state index contributed by atoms with van der Waals surface area (Å²) in [5.41, 5.74) is 0.0768. The molecular formula is C18H20O4S2. The zero-order chi connectivity index (χ0) is 17.2. The van der Waals surface area contributed by atoms with Crippen molar-refractivity contribution in [3.8, 4) is 0 Å². The molecule has 4 nitrogen and oxygen atoms in total. The average Bonchev–Trinajstić information content (AvgIpc) is 2.85.